The van der Waals surface area contributed by atoms with Crippen LogP contribution >= 0.6 is 11.6 Å². The fourth-order valence-electron chi connectivity index (χ4n) is 2.83. The van der Waals surface area contributed by atoms with Gasteiger partial charge in [-0.05, 0) is 18.1 Å². The topological polar surface area (TPSA) is 80.7 Å². The molecule has 1 saturated carbocycles. The Morgan fingerprint density at radius 1 is 1.48 bits per heavy atom. The number of carbonyl (C=O) groups excluding carboxylic acids is 2. The van der Waals surface area contributed by atoms with Gasteiger partial charge in [0.15, 0.2) is 0 Å². The van der Waals surface area contributed by atoms with Crippen molar-refractivity contribution in [2.24, 2.45) is 16.9 Å². The number of carbonyl (C=O) groups is 2. The van der Waals surface area contributed by atoms with Crippen LogP contribution in [0.3, 0.4) is 0 Å². The fraction of sp³-hybridized carbons (Fsp3) is 0.429. The number of alkyl halides is 1. The minimum atomic E-state index is -0.309. The number of rotatable bonds is 3. The second-order valence-corrected chi connectivity index (χ2v) is 5.74. The van der Waals surface area contributed by atoms with Crippen LogP contribution < -0.4 is 5.43 Å². The van der Waals surface area contributed by atoms with E-state index in [2.05, 4.69) is 15.5 Å². The van der Waals surface area contributed by atoms with Crippen LogP contribution in [-0.2, 0) is 9.53 Å². The van der Waals surface area contributed by atoms with E-state index in [0.717, 1.165) is 0 Å². The van der Waals surface area contributed by atoms with E-state index in [-0.39, 0.29) is 35.2 Å². The highest BCUT2D eigenvalue weighted by atomic mass is 35.5. The largest absolute Gasteiger partial charge is 0.462 e. The number of ether oxygens (including phenoxy) is 1. The van der Waals surface area contributed by atoms with Crippen molar-refractivity contribution >= 4 is 29.7 Å². The van der Waals surface area contributed by atoms with Crippen molar-refractivity contribution in [2.75, 3.05) is 0 Å². The highest BCUT2D eigenvalue weighted by Crippen LogP contribution is 2.42. The first-order chi connectivity index (χ1) is 10.1. The molecular weight excluding hydrogens is 294 g/mol. The Bertz CT molecular complexity index is 578. The van der Waals surface area contributed by atoms with Crippen molar-refractivity contribution in [3.8, 4) is 0 Å². The third-order valence-electron chi connectivity index (χ3n) is 3.89. The van der Waals surface area contributed by atoms with Crippen LogP contribution in [0, 0.1) is 11.8 Å². The Kier molecular flexibility index (Phi) is 3.88. The number of hydrogen-bond acceptors (Lipinski definition) is 5. The maximum absolute atomic E-state index is 11.8. The molecule has 0 radical (unpaired) electrons. The zero-order chi connectivity index (χ0) is 14.8. The first-order valence-electron chi connectivity index (χ1n) is 6.72. The Labute approximate surface area is 126 Å². The van der Waals surface area contributed by atoms with E-state index in [1.54, 1.807) is 18.3 Å². The Balaban J connectivity index is 1.62. The molecule has 4 atom stereocenters. The highest BCUT2D eigenvalue weighted by Gasteiger charge is 2.48. The lowest BCUT2D eigenvalue weighted by atomic mass is 9.91. The van der Waals surface area contributed by atoms with Crippen LogP contribution in [0.5, 0.6) is 0 Å². The molecule has 1 saturated heterocycles. The Morgan fingerprint density at radius 2 is 2.24 bits per heavy atom. The maximum Gasteiger partial charge on any atom is 0.306 e. The second kappa shape index (κ2) is 5.81. The van der Waals surface area contributed by atoms with E-state index in [9.17, 15) is 9.59 Å². The molecule has 0 aromatic carbocycles. The third-order valence-corrected chi connectivity index (χ3v) is 4.39. The molecule has 2 bridgehead atoms. The molecule has 6 nitrogen and oxygen atoms in total. The number of esters is 1. The number of fused-ring (bicyclic) bond motifs is 2. The van der Waals surface area contributed by atoms with Crippen LogP contribution in [0.2, 0.25) is 0 Å². The van der Waals surface area contributed by atoms with Crippen molar-refractivity contribution in [3.05, 3.63) is 30.1 Å². The summed E-state index contributed by atoms with van der Waals surface area (Å²) >= 11 is 6.22. The number of pyridine rings is 1. The van der Waals surface area contributed by atoms with E-state index >= 15 is 0 Å². The minimum Gasteiger partial charge on any atom is -0.462 e. The van der Waals surface area contributed by atoms with Gasteiger partial charge >= 0.3 is 5.97 Å². The van der Waals surface area contributed by atoms with Gasteiger partial charge in [-0.1, -0.05) is 0 Å². The summed E-state index contributed by atoms with van der Waals surface area (Å²) in [5, 5.41) is 3.89. The number of nitrogens with one attached hydrogen (secondary N) is 1. The number of hydrazone groups is 1. The molecule has 1 aliphatic carbocycles. The van der Waals surface area contributed by atoms with Crippen molar-refractivity contribution in [3.63, 3.8) is 0 Å². The van der Waals surface area contributed by atoms with Gasteiger partial charge in [0.05, 0.1) is 6.42 Å². The monoisotopic (exact) mass is 307 g/mol. The van der Waals surface area contributed by atoms with E-state index in [1.165, 1.54) is 12.4 Å². The van der Waals surface area contributed by atoms with Gasteiger partial charge in [-0.15, -0.1) is 11.6 Å². The molecule has 0 spiro atoms. The lowest BCUT2D eigenvalue weighted by molar-refractivity contribution is -0.155. The van der Waals surface area contributed by atoms with Crippen LogP contribution in [-0.4, -0.2) is 34.6 Å². The number of aromatic nitrogens is 1. The first kappa shape index (κ1) is 14.0. The molecule has 21 heavy (non-hydrogen) atoms. The van der Waals surface area contributed by atoms with Gasteiger partial charge in [0.1, 0.15) is 6.10 Å². The highest BCUT2D eigenvalue weighted by molar-refractivity contribution is 6.21. The van der Waals surface area contributed by atoms with Gasteiger partial charge in [-0.3, -0.25) is 14.6 Å². The third kappa shape index (κ3) is 2.90. The summed E-state index contributed by atoms with van der Waals surface area (Å²) in [6.45, 7) is 0. The molecule has 2 fully saturated rings. The zero-order valence-corrected chi connectivity index (χ0v) is 11.9. The molecule has 3 rings (SSSR count). The van der Waals surface area contributed by atoms with Gasteiger partial charge in [0, 0.05) is 41.9 Å². The summed E-state index contributed by atoms with van der Waals surface area (Å²) in [7, 11) is 0. The predicted octanol–water partition coefficient (Wildman–Crippen LogP) is 1.36. The van der Waals surface area contributed by atoms with Crippen LogP contribution in [0.15, 0.2) is 29.6 Å². The van der Waals surface area contributed by atoms with Crippen LogP contribution in [0.25, 0.3) is 0 Å². The maximum atomic E-state index is 11.8. The normalized spacial score (nSPS) is 31.2. The Hall–Kier alpha value is -1.95. The van der Waals surface area contributed by atoms with Gasteiger partial charge in [-0.2, -0.15) is 5.10 Å². The average Bonchev–Trinajstić information content (AvgIpc) is 2.66. The fourth-order valence-corrected chi connectivity index (χ4v) is 3.26. The Morgan fingerprint density at radius 3 is 2.95 bits per heavy atom. The molecule has 1 N–H and O–H groups in total. The van der Waals surface area contributed by atoms with Crippen molar-refractivity contribution in [2.45, 2.75) is 24.3 Å². The standard InChI is InChI=1S/C14H14ClN3O3/c15-11-6-12-10(9(11)5-13(19)21-12)7-17-18-14(20)8-1-3-16-4-2-8/h1-4,7,9-12H,5-6H2,(H,18,20)/b17-7+/t9-,10-,11-,12-/m0/s1. The van der Waals surface area contributed by atoms with Crippen LogP contribution in [0.1, 0.15) is 23.2 Å². The summed E-state index contributed by atoms with van der Waals surface area (Å²) < 4.78 is 5.27. The molecule has 1 amide bonds. The average molecular weight is 308 g/mol. The number of nitrogens with zero attached hydrogens (tertiary/aromatic N) is 2. The molecule has 1 aliphatic heterocycles. The van der Waals surface area contributed by atoms with Crippen molar-refractivity contribution < 1.29 is 14.3 Å². The van der Waals surface area contributed by atoms with E-state index < -0.39 is 0 Å². The summed E-state index contributed by atoms with van der Waals surface area (Å²) in [6, 6.07) is 3.21. The lowest BCUT2D eigenvalue weighted by Crippen LogP contribution is -2.34. The predicted molar refractivity (Wildman–Crippen MR) is 75.9 cm³/mol. The van der Waals surface area contributed by atoms with Gasteiger partial charge in [-0.25, -0.2) is 5.43 Å². The van der Waals surface area contributed by atoms with E-state index in [1.807, 2.05) is 0 Å². The van der Waals surface area contributed by atoms with Gasteiger partial charge in [0.25, 0.3) is 5.91 Å². The summed E-state index contributed by atoms with van der Waals surface area (Å²) in [5.74, 6) is -0.530. The minimum absolute atomic E-state index is 0.0273. The zero-order valence-electron chi connectivity index (χ0n) is 11.1. The molecule has 0 unspecified atom stereocenters. The molecular formula is C14H14ClN3O3. The molecule has 1 aromatic rings. The summed E-state index contributed by atoms with van der Waals surface area (Å²) in [6.07, 6.45) is 5.41. The van der Waals surface area contributed by atoms with Crippen molar-refractivity contribution in [1.82, 2.24) is 10.4 Å². The quantitative estimate of drug-likeness (QED) is 0.396. The van der Waals surface area contributed by atoms with E-state index in [4.69, 9.17) is 16.3 Å². The van der Waals surface area contributed by atoms with Crippen molar-refractivity contribution in [1.29, 1.82) is 0 Å². The molecule has 2 heterocycles. The van der Waals surface area contributed by atoms with Gasteiger partial charge < -0.3 is 4.74 Å². The summed E-state index contributed by atoms with van der Waals surface area (Å²) in [5.41, 5.74) is 2.94. The summed E-state index contributed by atoms with van der Waals surface area (Å²) in [4.78, 5) is 27.0. The molecule has 1 aromatic heterocycles. The molecule has 110 valence electrons. The number of hydrogen-bond donors (Lipinski definition) is 1. The van der Waals surface area contributed by atoms with Crippen LogP contribution in [0.4, 0.5) is 0 Å². The molecule has 7 heteroatoms. The second-order valence-electron chi connectivity index (χ2n) is 5.18. The number of halogens is 1. The number of amides is 1. The van der Waals surface area contributed by atoms with Gasteiger partial charge in [0.2, 0.25) is 0 Å². The smallest absolute Gasteiger partial charge is 0.306 e. The molecule has 2 aliphatic rings. The SMILES string of the molecule is O=C1C[C@H]2[C@H](/C=N/NC(=O)c3ccncc3)[C@H](C[C@@H]2Cl)O1. The first-order valence-corrected chi connectivity index (χ1v) is 7.16. The lowest BCUT2D eigenvalue weighted by Gasteiger charge is -2.26. The van der Waals surface area contributed by atoms with E-state index in [0.29, 0.717) is 18.4 Å².